The lowest BCUT2D eigenvalue weighted by Crippen LogP contribution is -1.98. The van der Waals surface area contributed by atoms with Crippen LogP contribution in [0, 0.1) is 5.82 Å². The van der Waals surface area contributed by atoms with Crippen LogP contribution in [-0.4, -0.2) is 0 Å². The molecule has 2 N–H and O–H groups in total. The first kappa shape index (κ1) is 14.7. The Kier molecular flexibility index (Phi) is 4.57. The van der Waals surface area contributed by atoms with Crippen molar-refractivity contribution in [3.63, 3.8) is 0 Å². The van der Waals surface area contributed by atoms with Gasteiger partial charge in [0.1, 0.15) is 5.82 Å². The van der Waals surface area contributed by atoms with Gasteiger partial charge in [0.25, 0.3) is 0 Å². The Hall–Kier alpha value is -1.66. The second-order valence-corrected chi connectivity index (χ2v) is 5.75. The summed E-state index contributed by atoms with van der Waals surface area (Å²) >= 11 is 0. The van der Waals surface area contributed by atoms with Crippen molar-refractivity contribution in [2.24, 2.45) is 5.73 Å². The average Bonchev–Trinajstić information content (AvgIpc) is 2.50. The van der Waals surface area contributed by atoms with Crippen LogP contribution in [0.5, 0.6) is 0 Å². The van der Waals surface area contributed by atoms with Gasteiger partial charge in [0.05, 0.1) is 0 Å². The van der Waals surface area contributed by atoms with E-state index in [1.54, 1.807) is 6.07 Å². The van der Waals surface area contributed by atoms with Gasteiger partial charge < -0.3 is 5.73 Å². The minimum atomic E-state index is -0.278. The van der Waals surface area contributed by atoms with Crippen LogP contribution in [0.3, 0.4) is 0 Å². The summed E-state index contributed by atoms with van der Waals surface area (Å²) in [5, 5.41) is 1.15. The first-order valence-electron chi connectivity index (χ1n) is 6.52. The van der Waals surface area contributed by atoms with Gasteiger partial charge in [0.15, 0.2) is 0 Å². The zero-order valence-corrected chi connectivity index (χ0v) is 12.8. The number of rotatable bonds is 3. The summed E-state index contributed by atoms with van der Waals surface area (Å²) in [7, 11) is 2.76. The molecule has 0 heterocycles. The van der Waals surface area contributed by atoms with Gasteiger partial charge >= 0.3 is 0 Å². The second-order valence-electron chi connectivity index (χ2n) is 5.13. The molecule has 1 aliphatic carbocycles. The van der Waals surface area contributed by atoms with Crippen molar-refractivity contribution in [3.05, 3.63) is 76.4 Å². The molecule has 0 bridgehead atoms. The predicted molar refractivity (Wildman–Crippen MR) is 87.6 cm³/mol. The van der Waals surface area contributed by atoms with Gasteiger partial charge in [-0.05, 0) is 60.0 Å². The molecule has 0 aliphatic heterocycles. The highest BCUT2D eigenvalue weighted by molar-refractivity contribution is 7.23. The van der Waals surface area contributed by atoms with Crippen LogP contribution in [0.2, 0.25) is 0 Å². The van der Waals surface area contributed by atoms with Crippen molar-refractivity contribution in [1.82, 2.24) is 0 Å². The number of nitrogens with two attached hydrogens (primary N) is 1. The van der Waals surface area contributed by atoms with E-state index in [4.69, 9.17) is 5.73 Å². The largest absolute Gasteiger partial charge is 0.399 e. The molecule has 0 fully saturated rings. The highest BCUT2D eigenvalue weighted by Crippen LogP contribution is 2.26. The van der Waals surface area contributed by atoms with Crippen molar-refractivity contribution in [3.8, 4) is 0 Å². The van der Waals surface area contributed by atoms with Crippen molar-refractivity contribution < 1.29 is 4.39 Å². The molecular weight excluding hydrogens is 268 g/mol. The molecule has 0 saturated heterocycles. The van der Waals surface area contributed by atoms with Crippen LogP contribution in [0.4, 0.5) is 4.39 Å². The van der Waals surface area contributed by atoms with Gasteiger partial charge in [-0.3, -0.25) is 0 Å². The highest BCUT2D eigenvalue weighted by atomic mass is 31.0. The number of hydrogen-bond donors (Lipinski definition) is 1. The van der Waals surface area contributed by atoms with Gasteiger partial charge in [-0.1, -0.05) is 30.4 Å². The van der Waals surface area contributed by atoms with E-state index in [2.05, 4.69) is 41.0 Å². The lowest BCUT2D eigenvalue weighted by atomic mass is 10.0. The Labute approximate surface area is 122 Å². The Bertz CT molecular complexity index is 638. The number of hydrogen-bond acceptors (Lipinski definition) is 1. The molecule has 0 saturated carbocycles. The minimum Gasteiger partial charge on any atom is -0.399 e. The third-order valence-corrected chi connectivity index (χ3v) is 3.79. The third kappa shape index (κ3) is 3.68. The molecule has 1 unspecified atom stereocenters. The van der Waals surface area contributed by atoms with Gasteiger partial charge in [-0.15, -0.1) is 9.24 Å². The molecule has 1 aromatic rings. The molecule has 3 heteroatoms. The molecule has 1 nitrogen and oxygen atoms in total. The molecule has 0 spiro atoms. The van der Waals surface area contributed by atoms with Crippen LogP contribution in [0.1, 0.15) is 24.5 Å². The summed E-state index contributed by atoms with van der Waals surface area (Å²) < 4.78 is 13.6. The first-order valence-corrected chi connectivity index (χ1v) is 7.10. The monoisotopic (exact) mass is 287 g/mol. The van der Waals surface area contributed by atoms with E-state index in [-0.39, 0.29) is 5.82 Å². The van der Waals surface area contributed by atoms with Crippen LogP contribution in [0.25, 0.3) is 5.70 Å². The molecule has 0 aromatic heterocycles. The Balaban J connectivity index is 2.35. The smallest absolute Gasteiger partial charge is 0.124 e. The zero-order chi connectivity index (χ0) is 14.7. The third-order valence-electron chi connectivity index (χ3n) is 3.25. The van der Waals surface area contributed by atoms with Gasteiger partial charge in [-0.2, -0.15) is 0 Å². The SMILES string of the molecule is C=C(N)c1cc(F)cc(CC2=C(P)C=C(C)CC=C2)c1. The topological polar surface area (TPSA) is 26.0 Å². The van der Waals surface area contributed by atoms with E-state index < -0.39 is 0 Å². The van der Waals surface area contributed by atoms with Crippen LogP contribution < -0.4 is 5.73 Å². The molecule has 104 valence electrons. The van der Waals surface area contributed by atoms with Crippen molar-refractivity contribution in [2.45, 2.75) is 19.8 Å². The second kappa shape index (κ2) is 6.19. The fraction of sp³-hybridized carbons (Fsp3) is 0.176. The molecule has 0 radical (unpaired) electrons. The minimum absolute atomic E-state index is 0.278. The van der Waals surface area contributed by atoms with E-state index in [0.29, 0.717) is 17.7 Å². The first-order chi connectivity index (χ1) is 9.45. The molecular formula is C17H19FNP. The lowest BCUT2D eigenvalue weighted by Gasteiger charge is -2.08. The van der Waals surface area contributed by atoms with Gasteiger partial charge in [0.2, 0.25) is 0 Å². The molecule has 1 aromatic carbocycles. The maximum atomic E-state index is 13.6. The Morgan fingerprint density at radius 3 is 2.85 bits per heavy atom. The summed E-state index contributed by atoms with van der Waals surface area (Å²) in [6.07, 6.45) is 8.03. The van der Waals surface area contributed by atoms with E-state index >= 15 is 0 Å². The fourth-order valence-electron chi connectivity index (χ4n) is 2.22. The standard InChI is InChI=1S/C17H19FNP/c1-11-4-3-5-14(17(20)6-11)7-13-8-15(12(2)19)10-16(18)9-13/h3,5-6,8-10H,2,4,7,19-20H2,1H3. The van der Waals surface area contributed by atoms with Gasteiger partial charge in [0, 0.05) is 5.70 Å². The van der Waals surface area contributed by atoms with E-state index in [9.17, 15) is 4.39 Å². The average molecular weight is 287 g/mol. The van der Waals surface area contributed by atoms with Crippen LogP contribution >= 0.6 is 9.24 Å². The summed E-state index contributed by atoms with van der Waals surface area (Å²) in [6.45, 7) is 5.77. The summed E-state index contributed by atoms with van der Waals surface area (Å²) in [5.74, 6) is -0.278. The number of halogens is 1. The fourth-order valence-corrected chi connectivity index (χ4v) is 2.70. The molecule has 1 atom stereocenters. The maximum absolute atomic E-state index is 13.6. The predicted octanol–water partition coefficient (Wildman–Crippen LogP) is 4.33. The van der Waals surface area contributed by atoms with Crippen LogP contribution in [-0.2, 0) is 6.42 Å². The van der Waals surface area contributed by atoms with Crippen molar-refractivity contribution in [1.29, 1.82) is 0 Å². The summed E-state index contributed by atoms with van der Waals surface area (Å²) in [6, 6.07) is 4.85. The van der Waals surface area contributed by atoms with Gasteiger partial charge in [-0.25, -0.2) is 4.39 Å². The normalized spacial score (nSPS) is 15.1. The van der Waals surface area contributed by atoms with Crippen molar-refractivity contribution in [2.75, 3.05) is 0 Å². The zero-order valence-electron chi connectivity index (χ0n) is 11.6. The Morgan fingerprint density at radius 2 is 2.15 bits per heavy atom. The molecule has 1 aliphatic rings. The summed E-state index contributed by atoms with van der Waals surface area (Å²) in [5.41, 5.74) is 10.1. The lowest BCUT2D eigenvalue weighted by molar-refractivity contribution is 0.625. The van der Waals surface area contributed by atoms with Crippen LogP contribution in [0.15, 0.2) is 59.5 Å². The Morgan fingerprint density at radius 1 is 1.40 bits per heavy atom. The van der Waals surface area contributed by atoms with E-state index in [1.807, 2.05) is 6.07 Å². The number of benzene rings is 1. The highest BCUT2D eigenvalue weighted by Gasteiger charge is 2.07. The summed E-state index contributed by atoms with van der Waals surface area (Å²) in [4.78, 5) is 0. The maximum Gasteiger partial charge on any atom is 0.124 e. The molecule has 0 amide bonds. The van der Waals surface area contributed by atoms with Crippen molar-refractivity contribution >= 4 is 14.9 Å². The molecule has 20 heavy (non-hydrogen) atoms. The quantitative estimate of drug-likeness (QED) is 0.823. The molecule has 2 rings (SSSR count). The van der Waals surface area contributed by atoms with E-state index in [1.165, 1.54) is 17.2 Å². The number of allylic oxidation sites excluding steroid dienone is 6. The van der Waals surface area contributed by atoms with E-state index in [0.717, 1.165) is 17.3 Å².